The summed E-state index contributed by atoms with van der Waals surface area (Å²) in [6.07, 6.45) is 3.01. The van der Waals surface area contributed by atoms with E-state index in [0.717, 1.165) is 16.9 Å². The lowest BCUT2D eigenvalue weighted by Crippen LogP contribution is -2.45. The molecule has 2 N–H and O–H groups in total. The molecule has 1 unspecified atom stereocenters. The van der Waals surface area contributed by atoms with Crippen LogP contribution in [0.1, 0.15) is 18.4 Å². The maximum absolute atomic E-state index is 12.9. The number of aliphatic carboxylic acids is 1. The van der Waals surface area contributed by atoms with Crippen molar-refractivity contribution in [3.63, 3.8) is 0 Å². The molecular weight excluding hydrogens is 422 g/mol. The highest BCUT2D eigenvalue weighted by Crippen LogP contribution is 2.58. The van der Waals surface area contributed by atoms with Crippen LogP contribution in [0.25, 0.3) is 5.00 Å². The summed E-state index contributed by atoms with van der Waals surface area (Å²) in [5, 5.41) is 14.9. The highest BCUT2D eigenvalue weighted by molar-refractivity contribution is 7.91. The molecule has 28 heavy (non-hydrogen) atoms. The van der Waals surface area contributed by atoms with Crippen molar-refractivity contribution < 1.29 is 18.3 Å². The third-order valence-corrected chi connectivity index (χ3v) is 8.27. The van der Waals surface area contributed by atoms with Gasteiger partial charge >= 0.3 is 5.97 Å². The van der Waals surface area contributed by atoms with Crippen LogP contribution in [0, 0.1) is 5.92 Å². The smallest absolute Gasteiger partial charge is 0.325 e. The first-order valence-electron chi connectivity index (χ1n) is 8.38. The van der Waals surface area contributed by atoms with Crippen molar-refractivity contribution in [2.24, 2.45) is 5.92 Å². The lowest BCUT2D eigenvalue weighted by molar-refractivity contribution is -0.140. The van der Waals surface area contributed by atoms with Gasteiger partial charge in [0.2, 0.25) is 0 Å². The van der Waals surface area contributed by atoms with Crippen LogP contribution in [-0.2, 0) is 14.8 Å². The van der Waals surface area contributed by atoms with Gasteiger partial charge in [0.1, 0.15) is 14.7 Å². The summed E-state index contributed by atoms with van der Waals surface area (Å²) in [4.78, 5) is 12.1. The van der Waals surface area contributed by atoms with Crippen LogP contribution in [0.4, 0.5) is 0 Å². The largest absolute Gasteiger partial charge is 0.480 e. The molecule has 146 valence electrons. The summed E-state index contributed by atoms with van der Waals surface area (Å²) >= 11 is 6.84. The van der Waals surface area contributed by atoms with E-state index in [-0.39, 0.29) is 10.1 Å². The van der Waals surface area contributed by atoms with Crippen LogP contribution < -0.4 is 4.72 Å². The number of hydrogen-bond acceptors (Lipinski definition) is 5. The van der Waals surface area contributed by atoms with E-state index in [0.29, 0.717) is 10.0 Å². The van der Waals surface area contributed by atoms with Gasteiger partial charge in [0.05, 0.1) is 17.4 Å². The lowest BCUT2D eigenvalue weighted by Gasteiger charge is -2.15. The Morgan fingerprint density at radius 2 is 2.00 bits per heavy atom. The summed E-state index contributed by atoms with van der Waals surface area (Å²) in [5.41, 5.74) is -0.780. The van der Waals surface area contributed by atoms with Gasteiger partial charge in [0.15, 0.2) is 0 Å². The lowest BCUT2D eigenvalue weighted by atomic mass is 10.1. The quantitative estimate of drug-likeness (QED) is 0.617. The summed E-state index contributed by atoms with van der Waals surface area (Å²) < 4.78 is 29.8. The molecule has 0 spiro atoms. The Morgan fingerprint density at radius 1 is 1.29 bits per heavy atom. The zero-order chi connectivity index (χ0) is 20.1. The molecule has 2 heterocycles. The van der Waals surface area contributed by atoms with Crippen molar-refractivity contribution in [1.29, 1.82) is 0 Å². The van der Waals surface area contributed by atoms with Crippen molar-refractivity contribution in [3.8, 4) is 5.00 Å². The van der Waals surface area contributed by atoms with Crippen LogP contribution in [-0.4, -0.2) is 34.8 Å². The van der Waals surface area contributed by atoms with E-state index < -0.39 is 27.4 Å². The van der Waals surface area contributed by atoms with Crippen molar-refractivity contribution in [3.05, 3.63) is 65.4 Å². The van der Waals surface area contributed by atoms with Crippen molar-refractivity contribution in [1.82, 2.24) is 14.5 Å². The molecule has 0 aliphatic heterocycles. The van der Waals surface area contributed by atoms with Crippen LogP contribution in [0.3, 0.4) is 0 Å². The molecule has 1 aromatic carbocycles. The SMILES string of the molecule is C[C@H]1C(c2ccccc2)[C@]1(NS(=O)(=O)c1ccc(-n2cc(Cl)cn2)s1)C(=O)O. The highest BCUT2D eigenvalue weighted by atomic mass is 35.5. The van der Waals surface area contributed by atoms with Gasteiger partial charge in [0, 0.05) is 5.92 Å². The van der Waals surface area contributed by atoms with Crippen molar-refractivity contribution in [2.75, 3.05) is 0 Å². The second kappa shape index (κ2) is 6.70. The van der Waals surface area contributed by atoms with Crippen molar-refractivity contribution in [2.45, 2.75) is 22.6 Å². The number of carboxylic acids is 1. The number of rotatable bonds is 6. The zero-order valence-corrected chi connectivity index (χ0v) is 17.0. The first-order chi connectivity index (χ1) is 13.3. The minimum absolute atomic E-state index is 0.0145. The van der Waals surface area contributed by atoms with Gasteiger partial charge in [-0.05, 0) is 23.6 Å². The summed E-state index contributed by atoms with van der Waals surface area (Å²) in [5.74, 6) is -2.01. The van der Waals surface area contributed by atoms with Gasteiger partial charge in [-0.25, -0.2) is 13.1 Å². The number of nitrogens with zero attached hydrogens (tertiary/aromatic N) is 2. The molecule has 1 aliphatic rings. The second-order valence-electron chi connectivity index (χ2n) is 6.65. The Hall–Kier alpha value is -2.20. The summed E-state index contributed by atoms with van der Waals surface area (Å²) in [6, 6.07) is 12.1. The molecule has 0 amide bonds. The molecule has 0 saturated heterocycles. The van der Waals surface area contributed by atoms with E-state index in [1.165, 1.54) is 16.9 Å². The van der Waals surface area contributed by atoms with E-state index >= 15 is 0 Å². The Morgan fingerprint density at radius 3 is 2.61 bits per heavy atom. The van der Waals surface area contributed by atoms with Gasteiger partial charge < -0.3 is 5.11 Å². The standard InChI is InChI=1S/C18H16ClN3O4S2/c1-11-16(12-5-3-2-4-6-12)18(11,17(23)24)21-28(25,26)15-8-7-14(27-15)22-10-13(19)9-20-22/h2-11,16,21H,1H3,(H,23,24)/t11-,16?,18-/m0/s1. The molecule has 4 rings (SSSR count). The molecule has 7 nitrogen and oxygen atoms in total. The van der Waals surface area contributed by atoms with E-state index in [4.69, 9.17) is 11.6 Å². The van der Waals surface area contributed by atoms with Crippen LogP contribution in [0.15, 0.2) is 59.1 Å². The molecule has 10 heteroatoms. The third kappa shape index (κ3) is 3.04. The minimum Gasteiger partial charge on any atom is -0.480 e. The number of nitrogens with one attached hydrogen (secondary N) is 1. The fraction of sp³-hybridized carbons (Fsp3) is 0.222. The van der Waals surface area contributed by atoms with Gasteiger partial charge in [0.25, 0.3) is 10.0 Å². The molecule has 1 fully saturated rings. The predicted molar refractivity (Wildman–Crippen MR) is 105 cm³/mol. The molecule has 1 saturated carbocycles. The molecular formula is C18H16ClN3O4S2. The van der Waals surface area contributed by atoms with Crippen LogP contribution in [0.2, 0.25) is 5.02 Å². The first-order valence-corrected chi connectivity index (χ1v) is 11.1. The Labute approximate surface area is 170 Å². The van der Waals surface area contributed by atoms with E-state index in [9.17, 15) is 18.3 Å². The van der Waals surface area contributed by atoms with E-state index in [2.05, 4.69) is 9.82 Å². The normalized spacial score (nSPS) is 24.2. The van der Waals surface area contributed by atoms with E-state index in [1.807, 2.05) is 30.3 Å². The van der Waals surface area contributed by atoms with Crippen LogP contribution in [0.5, 0.6) is 0 Å². The van der Waals surface area contributed by atoms with Crippen molar-refractivity contribution >= 4 is 38.9 Å². The Bertz CT molecular complexity index is 1140. The minimum atomic E-state index is -4.04. The number of aromatic nitrogens is 2. The molecule has 0 bridgehead atoms. The summed E-state index contributed by atoms with van der Waals surface area (Å²) in [7, 11) is -4.04. The number of thiophene rings is 1. The van der Waals surface area contributed by atoms with Gasteiger partial charge in [-0.2, -0.15) is 9.82 Å². The predicted octanol–water partition coefficient (Wildman–Crippen LogP) is 3.12. The number of carboxylic acid groups (broad SMARTS) is 1. The third-order valence-electron chi connectivity index (χ3n) is 5.02. The molecule has 0 radical (unpaired) electrons. The Balaban J connectivity index is 1.65. The van der Waals surface area contributed by atoms with Gasteiger partial charge in [-0.3, -0.25) is 4.79 Å². The maximum atomic E-state index is 12.9. The molecule has 1 aliphatic carbocycles. The van der Waals surface area contributed by atoms with E-state index in [1.54, 1.807) is 19.2 Å². The monoisotopic (exact) mass is 437 g/mol. The van der Waals surface area contributed by atoms with Gasteiger partial charge in [-0.15, -0.1) is 11.3 Å². The zero-order valence-electron chi connectivity index (χ0n) is 14.6. The fourth-order valence-corrected chi connectivity index (χ4v) is 6.39. The average molecular weight is 438 g/mol. The first kappa shape index (κ1) is 19.1. The Kier molecular flexibility index (Phi) is 4.58. The molecule has 3 atom stereocenters. The number of hydrogen-bond donors (Lipinski definition) is 2. The number of carbonyl (C=O) groups is 1. The number of sulfonamides is 1. The summed E-state index contributed by atoms with van der Waals surface area (Å²) in [6.45, 7) is 1.74. The topological polar surface area (TPSA) is 101 Å². The fourth-order valence-electron chi connectivity index (χ4n) is 3.57. The maximum Gasteiger partial charge on any atom is 0.325 e. The number of benzene rings is 1. The highest BCUT2D eigenvalue weighted by Gasteiger charge is 2.70. The van der Waals surface area contributed by atoms with Crippen LogP contribution >= 0.6 is 22.9 Å². The average Bonchev–Trinajstić information content (AvgIpc) is 3.06. The molecule has 3 aromatic rings. The number of halogens is 1. The second-order valence-corrected chi connectivity index (χ2v) is 10.1. The molecule has 2 aromatic heterocycles. The van der Waals surface area contributed by atoms with Gasteiger partial charge in [-0.1, -0.05) is 48.9 Å².